The minimum atomic E-state index is 0.653. The van der Waals surface area contributed by atoms with Gasteiger partial charge >= 0.3 is 0 Å². The van der Waals surface area contributed by atoms with Crippen LogP contribution in [-0.2, 0) is 0 Å². The van der Waals surface area contributed by atoms with E-state index in [1.54, 1.807) is 0 Å². The minimum absolute atomic E-state index is 0.653. The SMILES string of the molecule is CC1C(C)C(C)C1C.CC1CC(C(C)C)C1.CC1CC(C)C(C)C1.CC1CC(C)[C@@H](C)C1.CC1CCC(C)(C)C1.CC1CCC(C)C1C.CC1CCC(C)C1C.CC1CCCC1(C)C.CCC1CCCC1C. The summed E-state index contributed by atoms with van der Waals surface area (Å²) in [6.45, 7) is 63.8. The van der Waals surface area contributed by atoms with Crippen molar-refractivity contribution >= 4 is 0 Å². The lowest BCUT2D eigenvalue weighted by molar-refractivity contribution is 0.0302. The molecule has 13 atom stereocenters. The van der Waals surface area contributed by atoms with E-state index in [0.717, 1.165) is 136 Å². The van der Waals surface area contributed by atoms with Crippen molar-refractivity contribution in [3.8, 4) is 0 Å². The Bertz CT molecular complexity index is 1200. The van der Waals surface area contributed by atoms with Crippen LogP contribution in [-0.4, -0.2) is 0 Å². The van der Waals surface area contributed by atoms with Crippen molar-refractivity contribution in [2.75, 3.05) is 0 Å². The van der Waals surface area contributed by atoms with Gasteiger partial charge in [0, 0.05) is 0 Å². The molecule has 12 unspecified atom stereocenters. The standard InChI is InChI=1S/9C8H16/c2*1-6-4-7(2)8(3)5-6;1-6(2)8-4-7(3)5-8;1-7-4-5-8(2,3)6-7;1-7-5-4-6-8(7,2)3;2*1-6-4-5-7(2)8(6)3;1-5-6(2)8(4)7(5)3;1-3-8-6-4-5-7(8)2/h3*6-8H,4-5H2,1-3H3;2*7H,4-6H2,1-3H3;2*6-8H,4-5H2,1-3H3;5-8H,1-4H3;7-8H,3-6H2,1-2H3/t6?,7-,8?;;;;;;;;/m0......../s1. The highest BCUT2D eigenvalue weighted by Crippen LogP contribution is 2.45. The zero-order chi connectivity index (χ0) is 55.4. The van der Waals surface area contributed by atoms with Gasteiger partial charge in [0.2, 0.25) is 0 Å². The normalized spacial score (nSPS) is 43.7. The molecule has 0 bridgehead atoms. The van der Waals surface area contributed by atoms with E-state index in [4.69, 9.17) is 0 Å². The third-order valence-electron chi connectivity index (χ3n) is 24.0. The molecule has 9 aliphatic carbocycles. The van der Waals surface area contributed by atoms with Crippen LogP contribution in [0.25, 0.3) is 0 Å². The maximum Gasteiger partial charge on any atom is -0.0329 e. The van der Waals surface area contributed by atoms with E-state index >= 15 is 0 Å². The molecule has 432 valence electrons. The topological polar surface area (TPSA) is 0 Å². The van der Waals surface area contributed by atoms with Crippen LogP contribution in [0.1, 0.15) is 315 Å². The molecule has 0 saturated heterocycles. The number of rotatable bonds is 2. The molecule has 0 heterocycles. The van der Waals surface area contributed by atoms with Gasteiger partial charge in [0.25, 0.3) is 0 Å². The summed E-state index contributed by atoms with van der Waals surface area (Å²) in [5.74, 6) is 22.9. The van der Waals surface area contributed by atoms with Crippen molar-refractivity contribution in [1.82, 2.24) is 0 Å². The summed E-state index contributed by atoms with van der Waals surface area (Å²) in [5, 5.41) is 0. The fourth-order valence-electron chi connectivity index (χ4n) is 15.3. The molecule has 9 rings (SSSR count). The van der Waals surface area contributed by atoms with Gasteiger partial charge in [-0.25, -0.2) is 0 Å². The first kappa shape index (κ1) is 70.0. The van der Waals surface area contributed by atoms with Crippen molar-refractivity contribution in [1.29, 1.82) is 0 Å². The molecule has 0 amide bonds. The second-order valence-corrected chi connectivity index (χ2v) is 31.7. The first-order valence-electron chi connectivity index (χ1n) is 33.2. The first-order chi connectivity index (χ1) is 33.2. The second-order valence-electron chi connectivity index (χ2n) is 31.7. The van der Waals surface area contributed by atoms with E-state index in [0.29, 0.717) is 10.8 Å². The van der Waals surface area contributed by atoms with Gasteiger partial charge in [0.15, 0.2) is 0 Å². The van der Waals surface area contributed by atoms with Crippen molar-refractivity contribution in [3.63, 3.8) is 0 Å². The molecule has 9 aliphatic rings. The lowest BCUT2D eigenvalue weighted by Gasteiger charge is -2.45. The highest BCUT2D eigenvalue weighted by atomic mass is 14.4. The summed E-state index contributed by atoms with van der Waals surface area (Å²) >= 11 is 0. The van der Waals surface area contributed by atoms with Crippen LogP contribution >= 0.6 is 0 Å². The highest BCUT2D eigenvalue weighted by Gasteiger charge is 2.38. The van der Waals surface area contributed by atoms with Gasteiger partial charge in [0.1, 0.15) is 0 Å². The van der Waals surface area contributed by atoms with Crippen molar-refractivity contribution in [2.45, 2.75) is 315 Å². The van der Waals surface area contributed by atoms with E-state index in [-0.39, 0.29) is 0 Å². The van der Waals surface area contributed by atoms with Crippen molar-refractivity contribution < 1.29 is 0 Å². The van der Waals surface area contributed by atoms with Gasteiger partial charge in [-0.05, 0) is 205 Å². The van der Waals surface area contributed by atoms with E-state index in [1.807, 2.05) is 0 Å². The third kappa shape index (κ3) is 25.6. The molecule has 0 nitrogen and oxygen atoms in total. The monoisotopic (exact) mass is 1010 g/mol. The Morgan fingerprint density at radius 3 is 0.819 bits per heavy atom. The number of hydrogen-bond donors (Lipinski definition) is 0. The largest absolute Gasteiger partial charge is 0.0651 e. The fourth-order valence-corrected chi connectivity index (χ4v) is 15.3. The van der Waals surface area contributed by atoms with Crippen molar-refractivity contribution in [3.05, 3.63) is 0 Å². The molecule has 0 spiro atoms. The fraction of sp³-hybridized carbons (Fsp3) is 1.00. The van der Waals surface area contributed by atoms with Gasteiger partial charge in [0.05, 0.1) is 0 Å². The molecule has 0 aromatic heterocycles. The second kappa shape index (κ2) is 34.1. The van der Waals surface area contributed by atoms with Gasteiger partial charge in [-0.15, -0.1) is 0 Å². The van der Waals surface area contributed by atoms with Crippen LogP contribution < -0.4 is 0 Å². The molecule has 0 radical (unpaired) electrons. The van der Waals surface area contributed by atoms with Gasteiger partial charge in [-0.3, -0.25) is 0 Å². The lowest BCUT2D eigenvalue weighted by Crippen LogP contribution is -2.39. The molecule has 0 aliphatic heterocycles. The minimum Gasteiger partial charge on any atom is -0.0651 e. The highest BCUT2D eigenvalue weighted by molar-refractivity contribution is 4.87. The molecule has 9 fully saturated rings. The summed E-state index contributed by atoms with van der Waals surface area (Å²) in [6, 6.07) is 0. The van der Waals surface area contributed by atoms with Gasteiger partial charge < -0.3 is 0 Å². The first-order valence-corrected chi connectivity index (χ1v) is 33.2. The zero-order valence-electron chi connectivity index (χ0n) is 55.4. The van der Waals surface area contributed by atoms with E-state index < -0.39 is 0 Å². The smallest absolute Gasteiger partial charge is 0.0329 e. The van der Waals surface area contributed by atoms with Crippen LogP contribution in [0.3, 0.4) is 0 Å². The van der Waals surface area contributed by atoms with Crippen LogP contribution in [0.4, 0.5) is 0 Å². The molecule has 0 N–H and O–H groups in total. The maximum atomic E-state index is 2.39. The number of hydrogen-bond acceptors (Lipinski definition) is 0. The summed E-state index contributed by atoms with van der Waals surface area (Å²) < 4.78 is 0. The Labute approximate surface area is 460 Å². The Morgan fingerprint density at radius 2 is 0.708 bits per heavy atom. The van der Waals surface area contributed by atoms with Gasteiger partial charge in [-0.2, -0.15) is 0 Å². The summed E-state index contributed by atoms with van der Waals surface area (Å²) in [4.78, 5) is 0. The van der Waals surface area contributed by atoms with Crippen LogP contribution in [0.2, 0.25) is 0 Å². The molecule has 72 heavy (non-hydrogen) atoms. The Hall–Kier alpha value is 0. The van der Waals surface area contributed by atoms with E-state index in [9.17, 15) is 0 Å². The predicted molar refractivity (Wildman–Crippen MR) is 331 cm³/mol. The van der Waals surface area contributed by atoms with E-state index in [2.05, 4.69) is 187 Å². The summed E-state index contributed by atoms with van der Waals surface area (Å²) in [7, 11) is 0. The maximum absolute atomic E-state index is 2.39. The molecule has 0 aromatic rings. The molecule has 0 heteroatoms. The summed E-state index contributed by atoms with van der Waals surface area (Å²) in [6.07, 6.45) is 29.2. The summed E-state index contributed by atoms with van der Waals surface area (Å²) in [5.41, 5.74) is 1.32. The Kier molecular flexibility index (Phi) is 33.2. The quantitative estimate of drug-likeness (QED) is 0.259. The van der Waals surface area contributed by atoms with Crippen LogP contribution in [0, 0.1) is 147 Å². The van der Waals surface area contributed by atoms with Crippen LogP contribution in [0.15, 0.2) is 0 Å². The molecular formula is C72H144. The molecular weight excluding hydrogens is 865 g/mol. The average Bonchev–Trinajstić information content (AvgIpc) is 4.18. The third-order valence-corrected chi connectivity index (χ3v) is 24.0. The molecule has 0 aromatic carbocycles. The zero-order valence-corrected chi connectivity index (χ0v) is 55.4. The lowest BCUT2D eigenvalue weighted by atomic mass is 9.60. The average molecular weight is 1010 g/mol. The van der Waals surface area contributed by atoms with Crippen molar-refractivity contribution in [2.24, 2.45) is 147 Å². The van der Waals surface area contributed by atoms with Gasteiger partial charge in [-0.1, -0.05) is 258 Å². The van der Waals surface area contributed by atoms with Crippen LogP contribution in [0.5, 0.6) is 0 Å². The Balaban J connectivity index is 0.000000405. The predicted octanol–water partition coefficient (Wildman–Crippen LogP) is 24.5. The Morgan fingerprint density at radius 1 is 0.347 bits per heavy atom. The van der Waals surface area contributed by atoms with E-state index in [1.165, 1.54) is 128 Å². The molecule has 9 saturated carbocycles.